The maximum atomic E-state index is 13.6. The van der Waals surface area contributed by atoms with Gasteiger partial charge < -0.3 is 14.1 Å². The molecule has 0 aliphatic carbocycles. The van der Waals surface area contributed by atoms with Gasteiger partial charge >= 0.3 is 0 Å². The van der Waals surface area contributed by atoms with Crippen LogP contribution < -0.4 is 9.64 Å². The standard InChI is InChI=1S/C25H28N2O3/c1-19-6-8-21(9-7-19)25(28)27(23-4-3-5-24(16-23)29-2)22-10-13-26(14-11-22)17-20-12-15-30-18-20/h3-9,12,15-16,18,22H,10-11,13-14,17H2,1-2H3. The lowest BCUT2D eigenvalue weighted by molar-refractivity contribution is 0.0958. The van der Waals surface area contributed by atoms with Gasteiger partial charge in [0.1, 0.15) is 5.75 Å². The van der Waals surface area contributed by atoms with Gasteiger partial charge in [0.05, 0.1) is 19.6 Å². The summed E-state index contributed by atoms with van der Waals surface area (Å²) >= 11 is 0. The first-order valence-electron chi connectivity index (χ1n) is 10.4. The molecule has 5 nitrogen and oxygen atoms in total. The van der Waals surface area contributed by atoms with Gasteiger partial charge in [0.2, 0.25) is 0 Å². The predicted molar refractivity (Wildman–Crippen MR) is 118 cm³/mol. The summed E-state index contributed by atoms with van der Waals surface area (Å²) in [4.78, 5) is 17.9. The van der Waals surface area contributed by atoms with Crippen molar-refractivity contribution in [2.45, 2.75) is 32.4 Å². The summed E-state index contributed by atoms with van der Waals surface area (Å²) in [5.41, 5.74) is 3.93. The number of methoxy groups -OCH3 is 1. The second-order valence-electron chi connectivity index (χ2n) is 7.88. The lowest BCUT2D eigenvalue weighted by atomic mass is 10.00. The second kappa shape index (κ2) is 9.18. The number of carbonyl (C=O) groups excluding carboxylic acids is 1. The average Bonchev–Trinajstić information content (AvgIpc) is 3.29. The van der Waals surface area contributed by atoms with Crippen LogP contribution in [-0.2, 0) is 6.54 Å². The number of rotatable bonds is 6. The Morgan fingerprint density at radius 3 is 2.57 bits per heavy atom. The van der Waals surface area contributed by atoms with E-state index in [0.29, 0.717) is 5.56 Å². The molecule has 3 aromatic rings. The number of hydrogen-bond acceptors (Lipinski definition) is 4. The number of nitrogens with zero attached hydrogens (tertiary/aromatic N) is 2. The average molecular weight is 405 g/mol. The quantitative estimate of drug-likeness (QED) is 0.586. The number of anilines is 1. The van der Waals surface area contributed by atoms with Gasteiger partial charge in [0.15, 0.2) is 0 Å². The Morgan fingerprint density at radius 1 is 1.13 bits per heavy atom. The third-order valence-corrected chi connectivity index (χ3v) is 5.76. The molecule has 1 fully saturated rings. The zero-order valence-corrected chi connectivity index (χ0v) is 17.6. The molecule has 0 saturated carbocycles. The minimum atomic E-state index is 0.0385. The molecule has 1 amide bonds. The largest absolute Gasteiger partial charge is 0.497 e. The van der Waals surface area contributed by atoms with Crippen molar-refractivity contribution in [1.29, 1.82) is 0 Å². The summed E-state index contributed by atoms with van der Waals surface area (Å²) in [5.74, 6) is 0.795. The van der Waals surface area contributed by atoms with Crippen LogP contribution in [0.25, 0.3) is 0 Å². The summed E-state index contributed by atoms with van der Waals surface area (Å²) < 4.78 is 10.6. The van der Waals surface area contributed by atoms with E-state index in [1.165, 1.54) is 5.56 Å². The second-order valence-corrected chi connectivity index (χ2v) is 7.88. The molecular formula is C25H28N2O3. The highest BCUT2D eigenvalue weighted by Crippen LogP contribution is 2.29. The number of hydrogen-bond donors (Lipinski definition) is 0. The number of benzene rings is 2. The van der Waals surface area contributed by atoms with E-state index in [9.17, 15) is 4.79 Å². The Kier molecular flexibility index (Phi) is 6.19. The highest BCUT2D eigenvalue weighted by Gasteiger charge is 2.30. The van der Waals surface area contributed by atoms with Gasteiger partial charge in [-0.1, -0.05) is 23.8 Å². The minimum absolute atomic E-state index is 0.0385. The van der Waals surface area contributed by atoms with Crippen LogP contribution in [0.4, 0.5) is 5.69 Å². The minimum Gasteiger partial charge on any atom is -0.497 e. The van der Waals surface area contributed by atoms with Gasteiger partial charge in [-0.25, -0.2) is 0 Å². The number of aryl methyl sites for hydroxylation is 1. The first-order chi connectivity index (χ1) is 14.6. The number of ether oxygens (including phenoxy) is 1. The predicted octanol–water partition coefficient (Wildman–Crippen LogP) is 4.91. The third-order valence-electron chi connectivity index (χ3n) is 5.76. The lowest BCUT2D eigenvalue weighted by Gasteiger charge is -2.38. The van der Waals surface area contributed by atoms with Crippen LogP contribution >= 0.6 is 0 Å². The number of furan rings is 1. The van der Waals surface area contributed by atoms with Crippen molar-refractivity contribution in [2.24, 2.45) is 0 Å². The fourth-order valence-corrected chi connectivity index (χ4v) is 4.07. The van der Waals surface area contributed by atoms with Gasteiger partial charge in [-0.05, 0) is 50.1 Å². The van der Waals surface area contributed by atoms with E-state index in [1.54, 1.807) is 19.6 Å². The van der Waals surface area contributed by atoms with Crippen LogP contribution in [0, 0.1) is 6.92 Å². The summed E-state index contributed by atoms with van der Waals surface area (Å²) in [7, 11) is 1.65. The van der Waals surface area contributed by atoms with E-state index >= 15 is 0 Å². The molecule has 0 spiro atoms. The number of likely N-dealkylation sites (tertiary alicyclic amines) is 1. The summed E-state index contributed by atoms with van der Waals surface area (Å²) in [5, 5.41) is 0. The Morgan fingerprint density at radius 2 is 1.90 bits per heavy atom. The molecular weight excluding hydrogens is 376 g/mol. The molecule has 1 aromatic heterocycles. The fourth-order valence-electron chi connectivity index (χ4n) is 4.07. The summed E-state index contributed by atoms with van der Waals surface area (Å²) in [6, 6.07) is 17.8. The first kappa shape index (κ1) is 20.2. The van der Waals surface area contributed by atoms with Crippen molar-refractivity contribution in [3.8, 4) is 5.75 Å². The van der Waals surface area contributed by atoms with Gasteiger partial charge in [-0.2, -0.15) is 0 Å². The van der Waals surface area contributed by atoms with Crippen molar-refractivity contribution in [1.82, 2.24) is 4.90 Å². The molecule has 156 valence electrons. The summed E-state index contributed by atoms with van der Waals surface area (Å²) in [6.07, 6.45) is 5.36. The molecule has 0 unspecified atom stereocenters. The van der Waals surface area contributed by atoms with Crippen molar-refractivity contribution in [2.75, 3.05) is 25.1 Å². The normalized spacial score (nSPS) is 15.1. The SMILES string of the molecule is COc1cccc(N(C(=O)c2ccc(C)cc2)C2CCN(Cc3ccoc3)CC2)c1. The molecule has 4 rings (SSSR count). The third kappa shape index (κ3) is 4.57. The molecule has 2 heterocycles. The molecule has 5 heteroatoms. The van der Waals surface area contributed by atoms with Crippen LogP contribution in [-0.4, -0.2) is 37.0 Å². The van der Waals surface area contributed by atoms with Crippen molar-refractivity contribution >= 4 is 11.6 Å². The number of amides is 1. The molecule has 0 atom stereocenters. The van der Waals surface area contributed by atoms with E-state index in [1.807, 2.05) is 66.4 Å². The van der Waals surface area contributed by atoms with Gasteiger partial charge in [0.25, 0.3) is 5.91 Å². The van der Waals surface area contributed by atoms with Crippen molar-refractivity contribution < 1.29 is 13.9 Å². The molecule has 0 N–H and O–H groups in total. The molecule has 2 aromatic carbocycles. The molecule has 1 saturated heterocycles. The van der Waals surface area contributed by atoms with Crippen LogP contribution in [0.3, 0.4) is 0 Å². The molecule has 30 heavy (non-hydrogen) atoms. The van der Waals surface area contributed by atoms with Crippen LogP contribution in [0.2, 0.25) is 0 Å². The molecule has 1 aliphatic rings. The molecule has 0 bridgehead atoms. The van der Waals surface area contributed by atoms with E-state index < -0.39 is 0 Å². The zero-order valence-electron chi connectivity index (χ0n) is 17.6. The van der Waals surface area contributed by atoms with E-state index in [4.69, 9.17) is 9.15 Å². The van der Waals surface area contributed by atoms with E-state index in [0.717, 1.165) is 49.5 Å². The van der Waals surface area contributed by atoms with Crippen LogP contribution in [0.1, 0.15) is 34.3 Å². The zero-order chi connectivity index (χ0) is 20.9. The van der Waals surface area contributed by atoms with Gasteiger partial charge in [-0.15, -0.1) is 0 Å². The monoisotopic (exact) mass is 404 g/mol. The Hall–Kier alpha value is -3.05. The highest BCUT2D eigenvalue weighted by atomic mass is 16.5. The maximum Gasteiger partial charge on any atom is 0.258 e. The van der Waals surface area contributed by atoms with Crippen molar-refractivity contribution in [3.05, 3.63) is 83.8 Å². The molecule has 0 radical (unpaired) electrons. The van der Waals surface area contributed by atoms with Crippen molar-refractivity contribution in [3.63, 3.8) is 0 Å². The van der Waals surface area contributed by atoms with Gasteiger partial charge in [0, 0.05) is 48.6 Å². The topological polar surface area (TPSA) is 45.9 Å². The van der Waals surface area contributed by atoms with E-state index in [-0.39, 0.29) is 11.9 Å². The first-order valence-corrected chi connectivity index (χ1v) is 10.4. The van der Waals surface area contributed by atoms with E-state index in [2.05, 4.69) is 4.90 Å². The summed E-state index contributed by atoms with van der Waals surface area (Å²) in [6.45, 7) is 4.80. The highest BCUT2D eigenvalue weighted by molar-refractivity contribution is 6.06. The van der Waals surface area contributed by atoms with Crippen LogP contribution in [0.5, 0.6) is 5.75 Å². The Labute approximate surface area is 177 Å². The lowest BCUT2D eigenvalue weighted by Crippen LogP contribution is -2.47. The number of piperidine rings is 1. The smallest absolute Gasteiger partial charge is 0.258 e. The Balaban J connectivity index is 1.56. The van der Waals surface area contributed by atoms with Gasteiger partial charge in [-0.3, -0.25) is 9.69 Å². The Bertz CT molecular complexity index is 958. The van der Waals surface area contributed by atoms with Crippen LogP contribution in [0.15, 0.2) is 71.5 Å². The maximum absolute atomic E-state index is 13.6. The molecule has 1 aliphatic heterocycles. The fraction of sp³-hybridized carbons (Fsp3) is 0.320. The number of carbonyl (C=O) groups is 1.